The molecule has 0 aromatic heterocycles. The number of ether oxygens (including phenoxy) is 1. The van der Waals surface area contributed by atoms with Crippen molar-refractivity contribution in [1.29, 1.82) is 0 Å². The first-order valence-corrected chi connectivity index (χ1v) is 14.7. The summed E-state index contributed by atoms with van der Waals surface area (Å²) < 4.78 is 19.7. The predicted molar refractivity (Wildman–Crippen MR) is 173 cm³/mol. The van der Waals surface area contributed by atoms with E-state index in [1.807, 2.05) is 48.7 Å². The van der Waals surface area contributed by atoms with Gasteiger partial charge < -0.3 is 15.8 Å². The lowest BCUT2D eigenvalue weighted by Gasteiger charge is -2.27. The molecule has 0 bridgehead atoms. The molecule has 2 unspecified atom stereocenters. The number of Topliss-reactive ketones (excluding diaryl/α,β-unsaturated/α-hetero) is 1. The number of fused-ring (bicyclic) bond motifs is 5. The van der Waals surface area contributed by atoms with Gasteiger partial charge in [-0.25, -0.2) is 4.39 Å². The fourth-order valence-electron chi connectivity index (χ4n) is 6.31. The molecule has 0 spiro atoms. The van der Waals surface area contributed by atoms with Gasteiger partial charge in [0.1, 0.15) is 11.7 Å². The first-order chi connectivity index (χ1) is 21.4. The first kappa shape index (κ1) is 28.9. The zero-order valence-corrected chi connectivity index (χ0v) is 24.6. The van der Waals surface area contributed by atoms with Crippen LogP contribution in [0, 0.1) is 22.2 Å². The van der Waals surface area contributed by atoms with Crippen LogP contribution in [0.5, 0.6) is 0 Å². The van der Waals surface area contributed by atoms with E-state index in [0.29, 0.717) is 16.5 Å². The van der Waals surface area contributed by atoms with E-state index in [4.69, 9.17) is 10.5 Å². The molecule has 0 amide bonds. The van der Waals surface area contributed by atoms with Crippen LogP contribution in [0.1, 0.15) is 46.3 Å². The molecule has 3 aliphatic rings. The van der Waals surface area contributed by atoms with Crippen molar-refractivity contribution < 1.29 is 18.7 Å². The number of nitrogen functional groups attached to an aromatic ring is 1. The molecule has 220 valence electrons. The molecule has 4 aromatic carbocycles. The molecule has 2 aliphatic carbocycles. The number of halogens is 1. The Morgan fingerprint density at radius 2 is 1.68 bits per heavy atom. The number of hydrogen-bond acceptors (Lipinski definition) is 5. The number of para-hydroxylation sites is 1. The standard InChI is InChI=1S/C28H24FNO3.C10H9N/c1-15-6-11-21-20(25(15)27(31)16-7-9-17(30)10-8-16)13-12-19-18-4-3-5-24(29)22(18)14-23(26(19)21)28(32)33-2;1-2-7-10-9(5-1)6-3-4-8-11-10/h3-5,7-10,12-15,23H,6,11,30H2,1-2H3;1-8,11H. The number of benzene rings is 4. The fourth-order valence-corrected chi connectivity index (χ4v) is 6.31. The number of ketones is 1. The molecule has 1 heterocycles. The average molecular weight is 585 g/mol. The van der Waals surface area contributed by atoms with Gasteiger partial charge in [-0.1, -0.05) is 67.6 Å². The van der Waals surface area contributed by atoms with Crippen molar-refractivity contribution in [2.75, 3.05) is 18.2 Å². The van der Waals surface area contributed by atoms with Crippen molar-refractivity contribution in [2.24, 2.45) is 5.92 Å². The Morgan fingerprint density at radius 3 is 2.48 bits per heavy atom. The number of anilines is 2. The van der Waals surface area contributed by atoms with Gasteiger partial charge in [-0.05, 0) is 93.6 Å². The Morgan fingerprint density at radius 1 is 0.909 bits per heavy atom. The minimum Gasteiger partial charge on any atom is -0.468 e. The van der Waals surface area contributed by atoms with Crippen molar-refractivity contribution in [2.45, 2.75) is 25.7 Å². The molecule has 6 heteroatoms. The topological polar surface area (TPSA) is 81.4 Å². The van der Waals surface area contributed by atoms with Crippen LogP contribution in [0.25, 0.3) is 17.7 Å². The average Bonchev–Trinajstić information content (AvgIpc) is 3.30. The lowest BCUT2D eigenvalue weighted by atomic mass is 9.76. The summed E-state index contributed by atoms with van der Waals surface area (Å²) in [5, 5.41) is 6.01. The number of rotatable bonds is 3. The highest BCUT2D eigenvalue weighted by atomic mass is 19.1. The third kappa shape index (κ3) is 5.35. The number of nitrogens with two attached hydrogens (primary N) is 1. The minimum atomic E-state index is -0.731. The van der Waals surface area contributed by atoms with E-state index in [-0.39, 0.29) is 17.5 Å². The normalized spacial score (nSPS) is 17.2. The number of esters is 1. The minimum absolute atomic E-state index is 0.0377. The number of carbonyl (C=O) groups is 2. The zero-order chi connectivity index (χ0) is 30.8. The van der Waals surface area contributed by atoms with Crippen LogP contribution in [-0.4, -0.2) is 18.9 Å². The number of allylic oxidation sites excluding steroid dienone is 2. The van der Waals surface area contributed by atoms with E-state index in [2.05, 4.69) is 30.4 Å². The van der Waals surface area contributed by atoms with Gasteiger partial charge in [-0.3, -0.25) is 9.59 Å². The van der Waals surface area contributed by atoms with E-state index >= 15 is 0 Å². The molecule has 2 atom stereocenters. The molecule has 44 heavy (non-hydrogen) atoms. The summed E-state index contributed by atoms with van der Waals surface area (Å²) in [6.07, 6.45) is 11.2. The largest absolute Gasteiger partial charge is 0.468 e. The van der Waals surface area contributed by atoms with Gasteiger partial charge in [-0.15, -0.1) is 0 Å². The maximum Gasteiger partial charge on any atom is 0.317 e. The highest BCUT2D eigenvalue weighted by Crippen LogP contribution is 2.32. The number of carbonyl (C=O) groups excluding carboxylic acids is 2. The second-order valence-electron chi connectivity index (χ2n) is 11.2. The van der Waals surface area contributed by atoms with Gasteiger partial charge in [-0.2, -0.15) is 0 Å². The lowest BCUT2D eigenvalue weighted by Crippen LogP contribution is -2.32. The van der Waals surface area contributed by atoms with Gasteiger partial charge in [0.05, 0.1) is 7.11 Å². The van der Waals surface area contributed by atoms with E-state index in [0.717, 1.165) is 50.9 Å². The molecule has 0 saturated heterocycles. The van der Waals surface area contributed by atoms with E-state index in [1.165, 1.54) is 18.7 Å². The van der Waals surface area contributed by atoms with E-state index < -0.39 is 11.9 Å². The zero-order valence-electron chi connectivity index (χ0n) is 24.6. The van der Waals surface area contributed by atoms with Crippen molar-refractivity contribution in [3.63, 3.8) is 0 Å². The summed E-state index contributed by atoms with van der Waals surface area (Å²) in [6.45, 7) is 2.06. The maximum absolute atomic E-state index is 14.6. The quantitative estimate of drug-likeness (QED) is 0.175. The Balaban J connectivity index is 0.000000261. The molecule has 0 radical (unpaired) electrons. The smallest absolute Gasteiger partial charge is 0.317 e. The molecular weight excluding hydrogens is 551 g/mol. The summed E-state index contributed by atoms with van der Waals surface area (Å²) in [5.74, 6) is -1.52. The van der Waals surface area contributed by atoms with Crippen LogP contribution in [0.3, 0.4) is 0 Å². The number of nitrogens with one attached hydrogen (secondary N) is 1. The molecular formula is C38H33FN2O3. The maximum atomic E-state index is 14.6. The van der Waals surface area contributed by atoms with Crippen molar-refractivity contribution in [3.05, 3.63) is 146 Å². The van der Waals surface area contributed by atoms with Gasteiger partial charge in [0, 0.05) is 33.9 Å². The lowest BCUT2D eigenvalue weighted by molar-refractivity contribution is -0.140. The second-order valence-corrected chi connectivity index (χ2v) is 11.2. The Kier molecular flexibility index (Phi) is 7.99. The van der Waals surface area contributed by atoms with Crippen LogP contribution in [-0.2, 0) is 16.0 Å². The Hall–Kier alpha value is -5.23. The van der Waals surface area contributed by atoms with Crippen molar-refractivity contribution in [3.8, 4) is 0 Å². The Labute approximate surface area is 255 Å². The van der Waals surface area contributed by atoms with Gasteiger partial charge >= 0.3 is 5.97 Å². The predicted octanol–water partition coefficient (Wildman–Crippen LogP) is 6.00. The third-order valence-electron chi connectivity index (χ3n) is 8.51. The molecule has 5 nitrogen and oxygen atoms in total. The highest BCUT2D eigenvalue weighted by Gasteiger charge is 2.31. The van der Waals surface area contributed by atoms with Crippen LogP contribution >= 0.6 is 0 Å². The number of methoxy groups -OCH3 is 1. The van der Waals surface area contributed by atoms with Crippen LogP contribution in [0.2, 0.25) is 0 Å². The van der Waals surface area contributed by atoms with Gasteiger partial charge in [0.15, 0.2) is 5.78 Å². The second kappa shape index (κ2) is 12.2. The molecule has 3 N–H and O–H groups in total. The van der Waals surface area contributed by atoms with Crippen molar-refractivity contribution >= 4 is 40.9 Å². The summed E-state index contributed by atoms with van der Waals surface area (Å²) >= 11 is 0. The van der Waals surface area contributed by atoms with Gasteiger partial charge in [0.25, 0.3) is 0 Å². The summed E-state index contributed by atoms with van der Waals surface area (Å²) in [6, 6.07) is 23.9. The molecule has 4 aromatic rings. The van der Waals surface area contributed by atoms with E-state index in [1.54, 1.807) is 36.4 Å². The molecule has 0 saturated carbocycles. The van der Waals surface area contributed by atoms with Crippen LogP contribution < -0.4 is 21.5 Å². The fraction of sp³-hybridized carbons (Fsp3) is 0.158. The SMILES string of the molecule is C1=CNc2ccccc2C=C1.COC(=O)C1C=c2c(F)cccc2=c2ccc3c(c21)CCC(C)C=3C(=O)c1ccc(N)cc1. The van der Waals surface area contributed by atoms with Crippen LogP contribution in [0.4, 0.5) is 15.8 Å². The molecule has 0 fully saturated rings. The molecule has 1 aliphatic heterocycles. The van der Waals surface area contributed by atoms with Crippen LogP contribution in [0.15, 0.2) is 97.2 Å². The third-order valence-corrected chi connectivity index (χ3v) is 8.51. The summed E-state index contributed by atoms with van der Waals surface area (Å²) in [4.78, 5) is 26.3. The van der Waals surface area contributed by atoms with Gasteiger partial charge in [0.2, 0.25) is 0 Å². The van der Waals surface area contributed by atoms with Crippen molar-refractivity contribution in [1.82, 2.24) is 0 Å². The summed E-state index contributed by atoms with van der Waals surface area (Å²) in [7, 11) is 1.34. The highest BCUT2D eigenvalue weighted by molar-refractivity contribution is 6.25. The van der Waals surface area contributed by atoms with E-state index in [9.17, 15) is 14.0 Å². The first-order valence-electron chi connectivity index (χ1n) is 14.7. The Bertz CT molecular complexity index is 2060. The summed E-state index contributed by atoms with van der Waals surface area (Å²) in [5.41, 5.74) is 11.9. The monoisotopic (exact) mass is 584 g/mol. The number of hydrogen-bond donors (Lipinski definition) is 2. The molecule has 7 rings (SSSR count).